The van der Waals surface area contributed by atoms with Crippen molar-refractivity contribution in [3.63, 3.8) is 0 Å². The van der Waals surface area contributed by atoms with E-state index in [0.717, 1.165) is 18.7 Å². The number of benzene rings is 1. The van der Waals surface area contributed by atoms with Crippen LogP contribution in [0.3, 0.4) is 0 Å². The maximum absolute atomic E-state index is 12.4. The molecule has 2 rings (SSSR count). The zero-order chi connectivity index (χ0) is 17.7. The van der Waals surface area contributed by atoms with Gasteiger partial charge in [0.25, 0.3) is 0 Å². The molecule has 1 aromatic carbocycles. The Morgan fingerprint density at radius 2 is 1.92 bits per heavy atom. The standard InChI is InChI=1S/C18H23Cl2N3O/c1-13(2)17(12-21)22-7-9-23(10-8-22)18(24)6-4-14-3-5-15(19)11-16(14)20/h3,5,11,13,17H,4,6-10H2,1-2H3. The third-order valence-corrected chi connectivity index (χ3v) is 5.03. The minimum absolute atomic E-state index is 0.0740. The molecule has 1 heterocycles. The molecule has 0 radical (unpaired) electrons. The van der Waals surface area contributed by atoms with Crippen molar-refractivity contribution in [1.82, 2.24) is 9.80 Å². The Balaban J connectivity index is 1.84. The van der Waals surface area contributed by atoms with Crippen molar-refractivity contribution < 1.29 is 4.79 Å². The monoisotopic (exact) mass is 367 g/mol. The van der Waals surface area contributed by atoms with Gasteiger partial charge in [-0.15, -0.1) is 0 Å². The SMILES string of the molecule is CC(C)C(C#N)N1CCN(C(=O)CCc2ccc(Cl)cc2Cl)CC1. The molecule has 1 aliphatic rings. The molecule has 0 aliphatic carbocycles. The first kappa shape index (κ1) is 19.1. The number of rotatable bonds is 5. The predicted octanol–water partition coefficient (Wildman–Crippen LogP) is 3.62. The van der Waals surface area contributed by atoms with Crippen molar-refractivity contribution in [1.29, 1.82) is 5.26 Å². The summed E-state index contributed by atoms with van der Waals surface area (Å²) in [4.78, 5) is 16.5. The Bertz CT molecular complexity index is 619. The van der Waals surface area contributed by atoms with Gasteiger partial charge in [0.2, 0.25) is 5.91 Å². The fourth-order valence-electron chi connectivity index (χ4n) is 3.03. The Hall–Kier alpha value is -1.28. The van der Waals surface area contributed by atoms with Crippen LogP contribution in [0, 0.1) is 17.2 Å². The van der Waals surface area contributed by atoms with E-state index >= 15 is 0 Å². The molecule has 6 heteroatoms. The van der Waals surface area contributed by atoms with E-state index in [1.165, 1.54) is 0 Å². The molecular formula is C18H23Cl2N3O. The van der Waals surface area contributed by atoms with Gasteiger partial charge < -0.3 is 4.90 Å². The van der Waals surface area contributed by atoms with Crippen LogP contribution >= 0.6 is 23.2 Å². The molecule has 0 spiro atoms. The zero-order valence-corrected chi connectivity index (χ0v) is 15.6. The van der Waals surface area contributed by atoms with Crippen LogP contribution in [0.4, 0.5) is 0 Å². The van der Waals surface area contributed by atoms with Crippen molar-refractivity contribution in [3.8, 4) is 6.07 Å². The van der Waals surface area contributed by atoms with Crippen molar-refractivity contribution in [3.05, 3.63) is 33.8 Å². The number of hydrogen-bond acceptors (Lipinski definition) is 3. The summed E-state index contributed by atoms with van der Waals surface area (Å²) < 4.78 is 0. The third kappa shape index (κ3) is 4.86. The van der Waals surface area contributed by atoms with Crippen LogP contribution in [-0.4, -0.2) is 47.9 Å². The smallest absolute Gasteiger partial charge is 0.222 e. The molecule has 1 fully saturated rings. The molecule has 1 amide bonds. The van der Waals surface area contributed by atoms with E-state index in [0.29, 0.717) is 41.9 Å². The summed E-state index contributed by atoms with van der Waals surface area (Å²) in [5.41, 5.74) is 0.942. The molecule has 0 aromatic heterocycles. The Morgan fingerprint density at radius 3 is 2.46 bits per heavy atom. The van der Waals surface area contributed by atoms with Crippen LogP contribution in [0.15, 0.2) is 18.2 Å². The lowest BCUT2D eigenvalue weighted by Crippen LogP contribution is -2.52. The summed E-state index contributed by atoms with van der Waals surface area (Å²) >= 11 is 12.0. The van der Waals surface area contributed by atoms with Gasteiger partial charge in [-0.25, -0.2) is 0 Å². The molecule has 0 saturated carbocycles. The first-order chi connectivity index (χ1) is 11.4. The molecule has 1 aliphatic heterocycles. The summed E-state index contributed by atoms with van der Waals surface area (Å²) in [5, 5.41) is 10.5. The topological polar surface area (TPSA) is 47.3 Å². The second kappa shape index (κ2) is 8.71. The van der Waals surface area contributed by atoms with Crippen molar-refractivity contribution >= 4 is 29.1 Å². The van der Waals surface area contributed by atoms with Gasteiger partial charge in [-0.05, 0) is 30.0 Å². The number of nitrogens with zero attached hydrogens (tertiary/aromatic N) is 3. The van der Waals surface area contributed by atoms with Gasteiger partial charge >= 0.3 is 0 Å². The van der Waals surface area contributed by atoms with E-state index in [2.05, 4.69) is 24.8 Å². The molecule has 1 aromatic rings. The van der Waals surface area contributed by atoms with Gasteiger partial charge in [-0.3, -0.25) is 9.69 Å². The van der Waals surface area contributed by atoms with Gasteiger partial charge in [0, 0.05) is 42.6 Å². The highest BCUT2D eigenvalue weighted by atomic mass is 35.5. The number of carbonyl (C=O) groups excluding carboxylic acids is 1. The van der Waals surface area contributed by atoms with E-state index in [9.17, 15) is 10.1 Å². The lowest BCUT2D eigenvalue weighted by Gasteiger charge is -2.38. The van der Waals surface area contributed by atoms with Crippen LogP contribution in [0.2, 0.25) is 10.0 Å². The summed E-state index contributed by atoms with van der Waals surface area (Å²) in [6.07, 6.45) is 1.05. The predicted molar refractivity (Wildman–Crippen MR) is 97.2 cm³/mol. The van der Waals surface area contributed by atoms with E-state index in [1.807, 2.05) is 11.0 Å². The first-order valence-electron chi connectivity index (χ1n) is 8.27. The lowest BCUT2D eigenvalue weighted by atomic mass is 10.0. The van der Waals surface area contributed by atoms with Crippen LogP contribution < -0.4 is 0 Å². The molecule has 24 heavy (non-hydrogen) atoms. The number of aryl methyl sites for hydroxylation is 1. The van der Waals surface area contributed by atoms with E-state index < -0.39 is 0 Å². The molecular weight excluding hydrogens is 345 g/mol. The minimum atomic E-state index is -0.0740. The number of halogens is 2. The van der Waals surface area contributed by atoms with Crippen LogP contribution in [0.25, 0.3) is 0 Å². The highest BCUT2D eigenvalue weighted by molar-refractivity contribution is 6.35. The van der Waals surface area contributed by atoms with Gasteiger partial charge in [-0.1, -0.05) is 43.1 Å². The average Bonchev–Trinajstić information content (AvgIpc) is 2.54. The van der Waals surface area contributed by atoms with Crippen LogP contribution in [0.1, 0.15) is 25.8 Å². The molecule has 4 nitrogen and oxygen atoms in total. The molecule has 1 atom stereocenters. The van der Waals surface area contributed by atoms with E-state index in [-0.39, 0.29) is 11.9 Å². The van der Waals surface area contributed by atoms with Gasteiger partial charge in [0.1, 0.15) is 6.04 Å². The Kier molecular flexibility index (Phi) is 6.91. The largest absolute Gasteiger partial charge is 0.340 e. The normalized spacial score (nSPS) is 16.9. The maximum atomic E-state index is 12.4. The second-order valence-electron chi connectivity index (χ2n) is 6.47. The number of amides is 1. The van der Waals surface area contributed by atoms with Crippen LogP contribution in [0.5, 0.6) is 0 Å². The van der Waals surface area contributed by atoms with Gasteiger partial charge in [0.05, 0.1) is 6.07 Å². The van der Waals surface area contributed by atoms with Gasteiger partial charge in [-0.2, -0.15) is 5.26 Å². The second-order valence-corrected chi connectivity index (χ2v) is 7.31. The quantitative estimate of drug-likeness (QED) is 0.798. The highest BCUT2D eigenvalue weighted by Crippen LogP contribution is 2.22. The number of piperazine rings is 1. The molecule has 130 valence electrons. The van der Waals surface area contributed by atoms with Crippen molar-refractivity contribution in [2.24, 2.45) is 5.92 Å². The lowest BCUT2D eigenvalue weighted by molar-refractivity contribution is -0.133. The summed E-state index contributed by atoms with van der Waals surface area (Å²) in [7, 11) is 0. The number of nitriles is 1. The number of carbonyl (C=O) groups is 1. The average molecular weight is 368 g/mol. The van der Waals surface area contributed by atoms with Gasteiger partial charge in [0.15, 0.2) is 0 Å². The van der Waals surface area contributed by atoms with Crippen molar-refractivity contribution in [2.45, 2.75) is 32.7 Å². The fourth-order valence-corrected chi connectivity index (χ4v) is 3.53. The summed E-state index contributed by atoms with van der Waals surface area (Å²) in [6.45, 7) is 6.98. The van der Waals surface area contributed by atoms with E-state index in [1.54, 1.807) is 12.1 Å². The van der Waals surface area contributed by atoms with Crippen molar-refractivity contribution in [2.75, 3.05) is 26.2 Å². The highest BCUT2D eigenvalue weighted by Gasteiger charge is 2.27. The zero-order valence-electron chi connectivity index (χ0n) is 14.1. The van der Waals surface area contributed by atoms with Crippen LogP contribution in [-0.2, 0) is 11.2 Å². The number of hydrogen-bond donors (Lipinski definition) is 0. The Morgan fingerprint density at radius 1 is 1.25 bits per heavy atom. The molecule has 0 N–H and O–H groups in total. The molecule has 1 unspecified atom stereocenters. The molecule has 0 bridgehead atoms. The summed E-state index contributed by atoms with van der Waals surface area (Å²) in [6, 6.07) is 7.66. The fraction of sp³-hybridized carbons (Fsp3) is 0.556. The third-order valence-electron chi connectivity index (χ3n) is 4.45. The first-order valence-corrected chi connectivity index (χ1v) is 9.03. The Labute approximate surface area is 153 Å². The molecule has 1 saturated heterocycles. The van der Waals surface area contributed by atoms with E-state index in [4.69, 9.17) is 23.2 Å². The maximum Gasteiger partial charge on any atom is 0.222 e. The summed E-state index contributed by atoms with van der Waals surface area (Å²) in [5.74, 6) is 0.433. The minimum Gasteiger partial charge on any atom is -0.340 e.